The summed E-state index contributed by atoms with van der Waals surface area (Å²) in [4.78, 5) is 11.9. The fraction of sp³-hybridized carbons (Fsp3) is 0.316. The van der Waals surface area contributed by atoms with Crippen molar-refractivity contribution in [3.63, 3.8) is 0 Å². The Labute approximate surface area is 132 Å². The molecule has 0 spiro atoms. The second-order valence-corrected chi connectivity index (χ2v) is 6.20. The molecule has 2 aromatic carbocycles. The van der Waals surface area contributed by atoms with Crippen LogP contribution in [-0.4, -0.2) is 11.0 Å². The van der Waals surface area contributed by atoms with Crippen molar-refractivity contribution < 1.29 is 9.90 Å². The molecule has 0 heterocycles. The lowest BCUT2D eigenvalue weighted by Crippen LogP contribution is -2.18. The molecule has 0 atom stereocenters. The first-order valence-corrected chi connectivity index (χ1v) is 7.62. The summed E-state index contributed by atoms with van der Waals surface area (Å²) in [6.07, 6.45) is 2.25. The highest BCUT2D eigenvalue weighted by atomic mass is 16.3. The summed E-state index contributed by atoms with van der Waals surface area (Å²) in [5.41, 5.74) is 2.00. The molecule has 0 saturated heterocycles. The number of phenolic OH excluding ortho intramolecular Hbond substituents is 1. The number of rotatable bonds is 6. The third-order valence-corrected chi connectivity index (χ3v) is 3.91. The molecule has 0 bridgehead atoms. The van der Waals surface area contributed by atoms with Crippen molar-refractivity contribution in [2.24, 2.45) is 0 Å². The second-order valence-electron chi connectivity index (χ2n) is 6.20. The van der Waals surface area contributed by atoms with E-state index in [4.69, 9.17) is 0 Å². The van der Waals surface area contributed by atoms with Gasteiger partial charge in [-0.25, -0.2) is 0 Å². The number of phenols is 1. The molecule has 1 amide bonds. The van der Waals surface area contributed by atoms with Gasteiger partial charge in [0.25, 0.3) is 0 Å². The van der Waals surface area contributed by atoms with Crippen LogP contribution in [-0.2, 0) is 10.2 Å². The van der Waals surface area contributed by atoms with E-state index in [2.05, 4.69) is 19.2 Å². The van der Waals surface area contributed by atoms with Crippen LogP contribution in [0.15, 0.2) is 54.6 Å². The minimum Gasteiger partial charge on any atom is -0.508 e. The van der Waals surface area contributed by atoms with Gasteiger partial charge in [0.1, 0.15) is 5.75 Å². The van der Waals surface area contributed by atoms with E-state index in [1.54, 1.807) is 12.1 Å². The number of aromatic hydroxyl groups is 1. The molecule has 22 heavy (non-hydrogen) atoms. The Kier molecular flexibility index (Phi) is 5.21. The van der Waals surface area contributed by atoms with Crippen LogP contribution in [0.3, 0.4) is 0 Å². The summed E-state index contributed by atoms with van der Waals surface area (Å²) >= 11 is 0. The van der Waals surface area contributed by atoms with E-state index in [0.717, 1.165) is 18.5 Å². The molecule has 2 N–H and O–H groups in total. The van der Waals surface area contributed by atoms with Crippen molar-refractivity contribution in [2.45, 2.75) is 38.5 Å². The van der Waals surface area contributed by atoms with Crippen LogP contribution in [0.25, 0.3) is 0 Å². The Morgan fingerprint density at radius 1 is 1.05 bits per heavy atom. The van der Waals surface area contributed by atoms with Gasteiger partial charge in [0.2, 0.25) is 5.91 Å². The molecule has 0 aliphatic heterocycles. The summed E-state index contributed by atoms with van der Waals surface area (Å²) < 4.78 is 0. The maximum absolute atomic E-state index is 11.9. The van der Waals surface area contributed by atoms with Crippen LogP contribution in [0.2, 0.25) is 0 Å². The zero-order chi connectivity index (χ0) is 16.0. The minimum absolute atomic E-state index is 0.0132. The van der Waals surface area contributed by atoms with E-state index in [9.17, 15) is 9.90 Å². The highest BCUT2D eigenvalue weighted by molar-refractivity contribution is 5.90. The van der Waals surface area contributed by atoms with Gasteiger partial charge in [0, 0.05) is 12.1 Å². The number of hydrogen-bond donors (Lipinski definition) is 2. The van der Waals surface area contributed by atoms with Gasteiger partial charge >= 0.3 is 0 Å². The first kappa shape index (κ1) is 16.1. The molecule has 0 saturated carbocycles. The first-order chi connectivity index (χ1) is 10.5. The van der Waals surface area contributed by atoms with Crippen molar-refractivity contribution in [1.82, 2.24) is 0 Å². The largest absolute Gasteiger partial charge is 0.508 e. The van der Waals surface area contributed by atoms with Gasteiger partial charge in [-0.05, 0) is 48.1 Å². The molecule has 0 aromatic heterocycles. The van der Waals surface area contributed by atoms with Crippen molar-refractivity contribution >= 4 is 11.6 Å². The Hall–Kier alpha value is -2.29. The third-order valence-electron chi connectivity index (χ3n) is 3.91. The molecule has 3 nitrogen and oxygen atoms in total. The average Bonchev–Trinajstić information content (AvgIpc) is 2.48. The number of amides is 1. The van der Waals surface area contributed by atoms with Gasteiger partial charge in [0.15, 0.2) is 0 Å². The lowest BCUT2D eigenvalue weighted by atomic mass is 9.80. The molecule has 2 aromatic rings. The highest BCUT2D eigenvalue weighted by Gasteiger charge is 2.20. The Balaban J connectivity index is 1.82. The number of nitrogens with one attached hydrogen (secondary N) is 1. The van der Waals surface area contributed by atoms with Crippen LogP contribution in [0.5, 0.6) is 5.75 Å². The minimum atomic E-state index is -0.0132. The monoisotopic (exact) mass is 297 g/mol. The summed E-state index contributed by atoms with van der Waals surface area (Å²) in [6.45, 7) is 4.32. The summed E-state index contributed by atoms with van der Waals surface area (Å²) in [7, 11) is 0. The number of hydrogen-bond acceptors (Lipinski definition) is 2. The topological polar surface area (TPSA) is 49.3 Å². The van der Waals surface area contributed by atoms with Gasteiger partial charge in [-0.1, -0.05) is 44.2 Å². The molecular weight excluding hydrogens is 274 g/mol. The van der Waals surface area contributed by atoms with E-state index < -0.39 is 0 Å². The number of benzene rings is 2. The van der Waals surface area contributed by atoms with Crippen LogP contribution in [0, 0.1) is 0 Å². The predicted octanol–water partition coefficient (Wildman–Crippen LogP) is 4.48. The van der Waals surface area contributed by atoms with Crippen molar-refractivity contribution in [3.8, 4) is 5.75 Å². The fourth-order valence-electron chi connectivity index (χ4n) is 2.49. The van der Waals surface area contributed by atoms with E-state index in [0.29, 0.717) is 6.42 Å². The summed E-state index contributed by atoms with van der Waals surface area (Å²) in [6, 6.07) is 16.8. The van der Waals surface area contributed by atoms with E-state index in [-0.39, 0.29) is 17.1 Å². The van der Waals surface area contributed by atoms with Crippen molar-refractivity contribution in [2.75, 3.05) is 5.32 Å². The standard InChI is InChI=1S/C19H23NO2/c1-19(2,15-10-12-17(21)13-11-15)14-6-9-18(22)20-16-7-4-3-5-8-16/h3-5,7-8,10-13,21H,6,9,14H2,1-2H3,(H,20,22). The number of anilines is 1. The molecule has 0 fully saturated rings. The highest BCUT2D eigenvalue weighted by Crippen LogP contribution is 2.30. The quantitative estimate of drug-likeness (QED) is 0.826. The van der Waals surface area contributed by atoms with Crippen LogP contribution in [0.1, 0.15) is 38.7 Å². The van der Waals surface area contributed by atoms with Gasteiger partial charge in [-0.3, -0.25) is 4.79 Å². The molecule has 116 valence electrons. The smallest absolute Gasteiger partial charge is 0.224 e. The van der Waals surface area contributed by atoms with E-state index in [1.807, 2.05) is 42.5 Å². The lowest BCUT2D eigenvalue weighted by Gasteiger charge is -2.25. The predicted molar refractivity (Wildman–Crippen MR) is 90.1 cm³/mol. The normalized spacial score (nSPS) is 11.2. The Morgan fingerprint density at radius 2 is 1.68 bits per heavy atom. The van der Waals surface area contributed by atoms with Crippen LogP contribution >= 0.6 is 0 Å². The van der Waals surface area contributed by atoms with E-state index in [1.165, 1.54) is 5.56 Å². The fourth-order valence-corrected chi connectivity index (χ4v) is 2.49. The molecule has 0 aliphatic carbocycles. The first-order valence-electron chi connectivity index (χ1n) is 7.62. The van der Waals surface area contributed by atoms with Crippen molar-refractivity contribution in [1.29, 1.82) is 0 Å². The lowest BCUT2D eigenvalue weighted by molar-refractivity contribution is -0.116. The van der Waals surface area contributed by atoms with Crippen LogP contribution in [0.4, 0.5) is 5.69 Å². The van der Waals surface area contributed by atoms with Crippen molar-refractivity contribution in [3.05, 3.63) is 60.2 Å². The molecule has 2 rings (SSSR count). The maximum atomic E-state index is 11.9. The Bertz CT molecular complexity index is 603. The molecule has 0 aliphatic rings. The number of carbonyl (C=O) groups is 1. The maximum Gasteiger partial charge on any atom is 0.224 e. The van der Waals surface area contributed by atoms with Gasteiger partial charge in [-0.2, -0.15) is 0 Å². The van der Waals surface area contributed by atoms with E-state index >= 15 is 0 Å². The number of carbonyl (C=O) groups excluding carboxylic acids is 1. The molecule has 0 unspecified atom stereocenters. The second kappa shape index (κ2) is 7.12. The van der Waals surface area contributed by atoms with Crippen LogP contribution < -0.4 is 5.32 Å². The summed E-state index contributed by atoms with van der Waals surface area (Å²) in [5, 5.41) is 12.3. The average molecular weight is 297 g/mol. The molecule has 0 radical (unpaired) electrons. The third kappa shape index (κ3) is 4.62. The number of para-hydroxylation sites is 1. The zero-order valence-corrected chi connectivity index (χ0v) is 13.2. The molecule has 3 heteroatoms. The van der Waals surface area contributed by atoms with Gasteiger partial charge < -0.3 is 10.4 Å². The Morgan fingerprint density at radius 3 is 2.32 bits per heavy atom. The van der Waals surface area contributed by atoms with Gasteiger partial charge in [-0.15, -0.1) is 0 Å². The van der Waals surface area contributed by atoms with Gasteiger partial charge in [0.05, 0.1) is 0 Å². The summed E-state index contributed by atoms with van der Waals surface area (Å²) in [5.74, 6) is 0.328. The SMILES string of the molecule is CC(C)(CCCC(=O)Nc1ccccc1)c1ccc(O)cc1. The zero-order valence-electron chi connectivity index (χ0n) is 13.2. The molecular formula is C19H23NO2.